The number of imidazole rings is 1. The number of hydrogen-bond acceptors (Lipinski definition) is 7. The maximum atomic E-state index is 13.4. The molecule has 2 aromatic heterocycles. The Morgan fingerprint density at radius 2 is 2.11 bits per heavy atom. The van der Waals surface area contributed by atoms with Gasteiger partial charge in [0, 0.05) is 0 Å². The Kier molecular flexibility index (Phi) is 6.20. The van der Waals surface area contributed by atoms with Crippen molar-refractivity contribution in [3.8, 4) is 0 Å². The topological polar surface area (TPSA) is 145 Å². The average Bonchev–Trinajstić information content (AvgIpc) is 3.07. The van der Waals surface area contributed by atoms with Crippen LogP contribution in [0.25, 0.3) is 11.2 Å². The van der Waals surface area contributed by atoms with E-state index in [0.717, 1.165) is 5.56 Å². The lowest BCUT2D eigenvalue weighted by molar-refractivity contribution is 0.0409. The molecular weight excluding hydrogens is 392 g/mol. The minimum Gasteiger partial charge on any atom is -0.369 e. The first-order valence-electron chi connectivity index (χ1n) is 8.26. The van der Waals surface area contributed by atoms with E-state index in [2.05, 4.69) is 15.0 Å². The van der Waals surface area contributed by atoms with Crippen LogP contribution < -0.4 is 11.3 Å². The Morgan fingerprint density at radius 1 is 1.36 bits per heavy atom. The third kappa shape index (κ3) is 5.02. The largest absolute Gasteiger partial charge is 0.369 e. The summed E-state index contributed by atoms with van der Waals surface area (Å²) in [7, 11) is -4.08. The fourth-order valence-electron chi connectivity index (χ4n) is 2.46. The zero-order valence-corrected chi connectivity index (χ0v) is 15.6. The molecule has 3 rings (SSSR count). The highest BCUT2D eigenvalue weighted by molar-refractivity contribution is 7.52. The lowest BCUT2D eigenvalue weighted by Gasteiger charge is -2.18. The highest BCUT2D eigenvalue weighted by Crippen LogP contribution is 2.43. The van der Waals surface area contributed by atoms with Gasteiger partial charge in [-0.2, -0.15) is 4.98 Å². The molecule has 28 heavy (non-hydrogen) atoms. The van der Waals surface area contributed by atoms with Crippen molar-refractivity contribution in [3.63, 3.8) is 0 Å². The van der Waals surface area contributed by atoms with Crippen molar-refractivity contribution in [1.82, 2.24) is 19.5 Å². The van der Waals surface area contributed by atoms with Crippen molar-refractivity contribution >= 4 is 24.7 Å². The zero-order chi connectivity index (χ0) is 20.1. The van der Waals surface area contributed by atoms with Gasteiger partial charge in [-0.15, -0.1) is 0 Å². The molecule has 0 aliphatic heterocycles. The number of nitrogens with one attached hydrogen (secondary N) is 1. The molecular formula is C16H19FN5O5P. The van der Waals surface area contributed by atoms with Crippen LogP contribution in [0.2, 0.25) is 0 Å². The van der Waals surface area contributed by atoms with Gasteiger partial charge in [0.1, 0.15) is 19.1 Å². The number of nitrogens with two attached hydrogens (primary N) is 1. The van der Waals surface area contributed by atoms with Gasteiger partial charge in [0.2, 0.25) is 5.95 Å². The summed E-state index contributed by atoms with van der Waals surface area (Å²) in [6.07, 6.45) is -0.458. The zero-order valence-electron chi connectivity index (χ0n) is 14.7. The first kappa shape index (κ1) is 20.2. The average molecular weight is 411 g/mol. The van der Waals surface area contributed by atoms with Gasteiger partial charge in [0.15, 0.2) is 11.2 Å². The number of H-pyrrole nitrogens is 1. The molecule has 3 aromatic rings. The minimum absolute atomic E-state index is 0.0471. The molecule has 2 heterocycles. The van der Waals surface area contributed by atoms with Crippen LogP contribution in [0.15, 0.2) is 41.5 Å². The van der Waals surface area contributed by atoms with E-state index in [1.54, 1.807) is 24.3 Å². The quantitative estimate of drug-likeness (QED) is 0.448. The number of rotatable bonds is 9. The Hall–Kier alpha value is -2.59. The molecule has 1 aromatic carbocycles. The SMILES string of the molecule is Nc1nc2c(ncn2C[C@@H](CF)OCP(=O)(O)OCc2ccccc2)c(=O)[nH]1. The van der Waals surface area contributed by atoms with Crippen molar-refractivity contribution in [3.05, 3.63) is 52.6 Å². The maximum Gasteiger partial charge on any atom is 0.353 e. The number of hydrogen-bond donors (Lipinski definition) is 3. The summed E-state index contributed by atoms with van der Waals surface area (Å²) in [6.45, 7) is -1.09. The summed E-state index contributed by atoms with van der Waals surface area (Å²) in [5.41, 5.74) is 5.92. The fourth-order valence-corrected chi connectivity index (χ4v) is 3.28. The highest BCUT2D eigenvalue weighted by atomic mass is 31.2. The molecule has 0 radical (unpaired) electrons. The van der Waals surface area contributed by atoms with Gasteiger partial charge in [-0.05, 0) is 5.56 Å². The number of benzene rings is 1. The second-order valence-electron chi connectivity index (χ2n) is 5.99. The smallest absolute Gasteiger partial charge is 0.353 e. The number of aromatic nitrogens is 4. The summed E-state index contributed by atoms with van der Waals surface area (Å²) in [5, 5.41) is 0. The highest BCUT2D eigenvalue weighted by Gasteiger charge is 2.23. The summed E-state index contributed by atoms with van der Waals surface area (Å²) in [5.74, 6) is -0.105. The summed E-state index contributed by atoms with van der Waals surface area (Å²) in [4.78, 5) is 31.8. The third-order valence-corrected chi connectivity index (χ3v) is 4.82. The van der Waals surface area contributed by atoms with Crippen LogP contribution in [-0.2, 0) is 27.0 Å². The molecule has 4 N–H and O–H groups in total. The first-order valence-corrected chi connectivity index (χ1v) is 10.0. The minimum atomic E-state index is -4.08. The van der Waals surface area contributed by atoms with E-state index in [9.17, 15) is 18.6 Å². The van der Waals surface area contributed by atoms with Crippen molar-refractivity contribution in [2.24, 2.45) is 0 Å². The van der Waals surface area contributed by atoms with Gasteiger partial charge in [0.25, 0.3) is 5.56 Å². The first-order chi connectivity index (χ1) is 13.4. The van der Waals surface area contributed by atoms with Gasteiger partial charge >= 0.3 is 7.60 Å². The Balaban J connectivity index is 1.61. The maximum absolute atomic E-state index is 13.4. The Morgan fingerprint density at radius 3 is 2.82 bits per heavy atom. The molecule has 150 valence electrons. The van der Waals surface area contributed by atoms with Crippen LogP contribution in [-0.4, -0.2) is 43.5 Å². The monoisotopic (exact) mass is 411 g/mol. The molecule has 0 saturated heterocycles. The third-order valence-electron chi connectivity index (χ3n) is 3.81. The lowest BCUT2D eigenvalue weighted by atomic mass is 10.2. The van der Waals surface area contributed by atoms with Crippen LogP contribution in [0.3, 0.4) is 0 Å². The molecule has 1 unspecified atom stereocenters. The van der Waals surface area contributed by atoms with Crippen LogP contribution in [0.1, 0.15) is 5.56 Å². The van der Waals surface area contributed by atoms with E-state index in [1.807, 2.05) is 6.07 Å². The number of aromatic amines is 1. The Labute approximate surface area is 158 Å². The van der Waals surface area contributed by atoms with Crippen molar-refractivity contribution < 1.29 is 23.1 Å². The van der Waals surface area contributed by atoms with Gasteiger partial charge in [-0.25, -0.2) is 9.37 Å². The van der Waals surface area contributed by atoms with Gasteiger partial charge < -0.3 is 24.5 Å². The van der Waals surface area contributed by atoms with Crippen molar-refractivity contribution in [1.29, 1.82) is 0 Å². The summed E-state index contributed by atoms with van der Waals surface area (Å²) in [6, 6.07) is 8.86. The van der Waals surface area contributed by atoms with Gasteiger partial charge in [-0.1, -0.05) is 30.3 Å². The molecule has 0 aliphatic rings. The molecule has 0 fully saturated rings. The van der Waals surface area contributed by atoms with Crippen LogP contribution in [0.5, 0.6) is 0 Å². The van der Waals surface area contributed by atoms with Crippen LogP contribution >= 0.6 is 7.60 Å². The molecule has 2 atom stereocenters. The standard InChI is InChI=1S/C16H19FN5O5P/c17-6-12(7-22-9-19-13-14(22)20-16(18)21-15(13)23)26-10-28(24,25)27-8-11-4-2-1-3-5-11/h1-5,9,12H,6-8,10H2,(H,24,25)(H3,18,20,21,23)/t12-/m1/s1. The number of nitrogens with zero attached hydrogens (tertiary/aromatic N) is 3. The van der Waals surface area contributed by atoms with Crippen LogP contribution in [0, 0.1) is 0 Å². The van der Waals surface area contributed by atoms with Crippen molar-refractivity contribution in [2.75, 3.05) is 18.8 Å². The van der Waals surface area contributed by atoms with E-state index < -0.39 is 32.3 Å². The number of fused-ring (bicyclic) bond motifs is 1. The predicted octanol–water partition coefficient (Wildman–Crippen LogP) is 1.42. The molecule has 0 amide bonds. The van der Waals surface area contributed by atoms with Crippen LogP contribution in [0.4, 0.5) is 10.3 Å². The number of anilines is 1. The molecule has 12 heteroatoms. The van der Waals surface area contributed by atoms with E-state index in [-0.39, 0.29) is 30.3 Å². The van der Waals surface area contributed by atoms with Crippen molar-refractivity contribution in [2.45, 2.75) is 19.3 Å². The number of nitrogen functional groups attached to an aromatic ring is 1. The number of ether oxygens (including phenoxy) is 1. The predicted molar refractivity (Wildman–Crippen MR) is 99.3 cm³/mol. The number of halogens is 1. The van der Waals surface area contributed by atoms with Gasteiger partial charge in [-0.3, -0.25) is 14.3 Å². The molecule has 0 aliphatic carbocycles. The van der Waals surface area contributed by atoms with Gasteiger partial charge in [0.05, 0.1) is 19.5 Å². The summed E-state index contributed by atoms with van der Waals surface area (Å²) >= 11 is 0. The normalized spacial score (nSPS) is 14.8. The molecule has 0 bridgehead atoms. The molecule has 0 spiro atoms. The number of alkyl halides is 1. The van der Waals surface area contributed by atoms with E-state index in [0.29, 0.717) is 0 Å². The lowest BCUT2D eigenvalue weighted by Crippen LogP contribution is -2.23. The Bertz CT molecular complexity index is 1040. The molecule has 10 nitrogen and oxygen atoms in total. The van der Waals surface area contributed by atoms with E-state index in [4.69, 9.17) is 15.0 Å². The second kappa shape index (κ2) is 8.61. The summed E-state index contributed by atoms with van der Waals surface area (Å²) < 4.78 is 37.1. The second-order valence-corrected chi connectivity index (χ2v) is 7.78. The fraction of sp³-hybridized carbons (Fsp3) is 0.312. The van der Waals surface area contributed by atoms with E-state index >= 15 is 0 Å². The molecule has 0 saturated carbocycles. The van der Waals surface area contributed by atoms with E-state index in [1.165, 1.54) is 10.9 Å².